The summed E-state index contributed by atoms with van der Waals surface area (Å²) >= 11 is 5.80. The van der Waals surface area contributed by atoms with Gasteiger partial charge in [0.2, 0.25) is 5.95 Å². The second kappa shape index (κ2) is 8.10. The number of rotatable bonds is 6. The van der Waals surface area contributed by atoms with E-state index in [-0.39, 0.29) is 10.8 Å². The van der Waals surface area contributed by atoms with Crippen LogP contribution in [0.25, 0.3) is 0 Å². The summed E-state index contributed by atoms with van der Waals surface area (Å²) in [6.07, 6.45) is 0.716. The summed E-state index contributed by atoms with van der Waals surface area (Å²) in [5.74, 6) is 0.326. The van der Waals surface area contributed by atoms with Gasteiger partial charge in [0.25, 0.3) is 0 Å². The Morgan fingerprint density at radius 2 is 1.77 bits per heavy atom. The molecule has 3 rings (SSSR count). The van der Waals surface area contributed by atoms with E-state index in [1.807, 2.05) is 6.92 Å². The zero-order valence-electron chi connectivity index (χ0n) is 14.1. The SMILES string of the molecule is Cc1cc(Nc2ccc(F)c(Cl)c2)nc(NCCc2ccc(F)cc2)n1. The van der Waals surface area contributed by atoms with Crippen LogP contribution in [0.5, 0.6) is 0 Å². The standard InChI is InChI=1S/C19H17ClF2N4/c1-12-10-18(25-15-6-7-17(22)16(20)11-15)26-19(24-12)23-9-8-13-2-4-14(21)5-3-13/h2-7,10-11H,8-9H2,1H3,(H2,23,24,25,26). The highest BCUT2D eigenvalue weighted by Gasteiger charge is 2.05. The van der Waals surface area contributed by atoms with Gasteiger partial charge in [-0.05, 0) is 49.2 Å². The average Bonchev–Trinajstić information content (AvgIpc) is 2.59. The molecular formula is C19H17ClF2N4. The fourth-order valence-corrected chi connectivity index (χ4v) is 2.58. The molecule has 26 heavy (non-hydrogen) atoms. The number of nitrogens with one attached hydrogen (secondary N) is 2. The highest BCUT2D eigenvalue weighted by molar-refractivity contribution is 6.31. The highest BCUT2D eigenvalue weighted by atomic mass is 35.5. The maximum absolute atomic E-state index is 13.3. The van der Waals surface area contributed by atoms with Gasteiger partial charge < -0.3 is 10.6 Å². The van der Waals surface area contributed by atoms with Crippen molar-refractivity contribution in [1.82, 2.24) is 9.97 Å². The zero-order chi connectivity index (χ0) is 18.5. The van der Waals surface area contributed by atoms with Crippen molar-refractivity contribution >= 4 is 29.1 Å². The molecule has 1 aromatic heterocycles. The number of hydrogen-bond donors (Lipinski definition) is 2. The van der Waals surface area contributed by atoms with E-state index in [0.29, 0.717) is 30.4 Å². The summed E-state index contributed by atoms with van der Waals surface area (Å²) in [6.45, 7) is 2.46. The van der Waals surface area contributed by atoms with Crippen LogP contribution in [0.4, 0.5) is 26.2 Å². The number of hydrogen-bond acceptors (Lipinski definition) is 4. The Morgan fingerprint density at radius 1 is 1.00 bits per heavy atom. The Morgan fingerprint density at radius 3 is 2.50 bits per heavy atom. The molecule has 1 heterocycles. The minimum Gasteiger partial charge on any atom is -0.354 e. The first-order chi connectivity index (χ1) is 12.5. The topological polar surface area (TPSA) is 49.8 Å². The van der Waals surface area contributed by atoms with Crippen molar-refractivity contribution in [2.24, 2.45) is 0 Å². The van der Waals surface area contributed by atoms with Crippen molar-refractivity contribution < 1.29 is 8.78 Å². The number of aryl methyl sites for hydroxylation is 1. The van der Waals surface area contributed by atoms with E-state index in [1.54, 1.807) is 24.3 Å². The molecule has 134 valence electrons. The molecule has 7 heteroatoms. The van der Waals surface area contributed by atoms with Crippen LogP contribution in [0.15, 0.2) is 48.5 Å². The van der Waals surface area contributed by atoms with Crippen molar-refractivity contribution in [3.8, 4) is 0 Å². The molecule has 0 fully saturated rings. The van der Waals surface area contributed by atoms with Crippen LogP contribution in [0, 0.1) is 18.6 Å². The Balaban J connectivity index is 1.65. The van der Waals surface area contributed by atoms with Gasteiger partial charge in [0.15, 0.2) is 0 Å². The number of halogens is 3. The molecule has 0 spiro atoms. The van der Waals surface area contributed by atoms with E-state index in [2.05, 4.69) is 20.6 Å². The third-order valence-corrected chi connectivity index (χ3v) is 3.95. The molecule has 3 aromatic rings. The number of aromatic nitrogens is 2. The quantitative estimate of drug-likeness (QED) is 0.629. The second-order valence-corrected chi connectivity index (χ2v) is 6.18. The molecule has 0 bridgehead atoms. The molecule has 4 nitrogen and oxygen atoms in total. The minimum absolute atomic E-state index is 0.0402. The van der Waals surface area contributed by atoms with E-state index in [1.165, 1.54) is 24.3 Å². The van der Waals surface area contributed by atoms with Gasteiger partial charge >= 0.3 is 0 Å². The smallest absolute Gasteiger partial charge is 0.224 e. The Hall–Kier alpha value is -2.73. The minimum atomic E-state index is -0.473. The third-order valence-electron chi connectivity index (χ3n) is 3.66. The maximum Gasteiger partial charge on any atom is 0.224 e. The van der Waals surface area contributed by atoms with Crippen LogP contribution in [0.3, 0.4) is 0 Å². The Kier molecular flexibility index (Phi) is 5.63. The van der Waals surface area contributed by atoms with Crippen LogP contribution >= 0.6 is 11.6 Å². The van der Waals surface area contributed by atoms with E-state index in [0.717, 1.165) is 11.3 Å². The molecule has 2 aromatic carbocycles. The first-order valence-corrected chi connectivity index (χ1v) is 8.43. The van der Waals surface area contributed by atoms with Crippen LogP contribution in [-0.4, -0.2) is 16.5 Å². The lowest BCUT2D eigenvalue weighted by molar-refractivity contribution is 0.627. The summed E-state index contributed by atoms with van der Waals surface area (Å²) in [6, 6.07) is 12.5. The van der Waals surface area contributed by atoms with E-state index >= 15 is 0 Å². The summed E-state index contributed by atoms with van der Waals surface area (Å²) < 4.78 is 26.2. The van der Waals surface area contributed by atoms with Crippen LogP contribution in [0.2, 0.25) is 5.02 Å². The van der Waals surface area contributed by atoms with Crippen LogP contribution in [0.1, 0.15) is 11.3 Å². The van der Waals surface area contributed by atoms with Crippen molar-refractivity contribution in [1.29, 1.82) is 0 Å². The zero-order valence-corrected chi connectivity index (χ0v) is 14.8. The predicted molar refractivity (Wildman–Crippen MR) is 100 cm³/mol. The Labute approximate surface area is 155 Å². The average molecular weight is 375 g/mol. The molecule has 0 saturated heterocycles. The fourth-order valence-electron chi connectivity index (χ4n) is 2.40. The van der Waals surface area contributed by atoms with E-state index < -0.39 is 5.82 Å². The fraction of sp³-hybridized carbons (Fsp3) is 0.158. The van der Waals surface area contributed by atoms with Crippen molar-refractivity contribution in [2.45, 2.75) is 13.3 Å². The first-order valence-electron chi connectivity index (χ1n) is 8.06. The summed E-state index contributed by atoms with van der Waals surface area (Å²) in [7, 11) is 0. The van der Waals surface area contributed by atoms with Gasteiger partial charge in [0.1, 0.15) is 17.5 Å². The Bertz CT molecular complexity index is 901. The van der Waals surface area contributed by atoms with Crippen LogP contribution in [-0.2, 0) is 6.42 Å². The summed E-state index contributed by atoms with van der Waals surface area (Å²) in [5, 5.41) is 6.28. The van der Waals surface area contributed by atoms with Gasteiger partial charge in [0, 0.05) is 24.0 Å². The van der Waals surface area contributed by atoms with E-state index in [4.69, 9.17) is 11.6 Å². The molecule has 2 N–H and O–H groups in total. The number of nitrogens with zero attached hydrogens (tertiary/aromatic N) is 2. The molecule has 0 amide bonds. The molecular weight excluding hydrogens is 358 g/mol. The lowest BCUT2D eigenvalue weighted by atomic mass is 10.1. The lowest BCUT2D eigenvalue weighted by Crippen LogP contribution is -2.09. The van der Waals surface area contributed by atoms with Crippen molar-refractivity contribution in [2.75, 3.05) is 17.2 Å². The first kappa shape index (κ1) is 18.1. The number of anilines is 3. The van der Waals surface area contributed by atoms with Crippen molar-refractivity contribution in [3.05, 3.63) is 76.4 Å². The predicted octanol–water partition coefficient (Wildman–Crippen LogP) is 5.11. The lowest BCUT2D eigenvalue weighted by Gasteiger charge is -2.10. The maximum atomic E-state index is 13.3. The molecule has 0 aliphatic carbocycles. The van der Waals surface area contributed by atoms with Crippen molar-refractivity contribution in [3.63, 3.8) is 0 Å². The van der Waals surface area contributed by atoms with Crippen LogP contribution < -0.4 is 10.6 Å². The molecule has 0 aliphatic rings. The largest absolute Gasteiger partial charge is 0.354 e. The number of benzene rings is 2. The van der Waals surface area contributed by atoms with Gasteiger partial charge in [-0.25, -0.2) is 13.8 Å². The van der Waals surface area contributed by atoms with Gasteiger partial charge in [-0.1, -0.05) is 23.7 Å². The normalized spacial score (nSPS) is 10.6. The van der Waals surface area contributed by atoms with Gasteiger partial charge in [-0.3, -0.25) is 0 Å². The van der Waals surface area contributed by atoms with E-state index in [9.17, 15) is 8.78 Å². The monoisotopic (exact) mass is 374 g/mol. The molecule has 0 aliphatic heterocycles. The third kappa shape index (κ3) is 4.89. The molecule has 0 radical (unpaired) electrons. The molecule has 0 atom stereocenters. The van der Waals surface area contributed by atoms with Gasteiger partial charge in [-0.2, -0.15) is 4.98 Å². The summed E-state index contributed by atoms with van der Waals surface area (Å²) in [5.41, 5.74) is 2.43. The van der Waals surface area contributed by atoms with Gasteiger partial charge in [-0.15, -0.1) is 0 Å². The summed E-state index contributed by atoms with van der Waals surface area (Å²) in [4.78, 5) is 8.74. The second-order valence-electron chi connectivity index (χ2n) is 5.78. The molecule has 0 unspecified atom stereocenters. The highest BCUT2D eigenvalue weighted by Crippen LogP contribution is 2.22. The molecule has 0 saturated carbocycles. The van der Waals surface area contributed by atoms with Gasteiger partial charge in [0.05, 0.1) is 5.02 Å².